The van der Waals surface area contributed by atoms with E-state index in [2.05, 4.69) is 4.98 Å². The highest BCUT2D eigenvalue weighted by Crippen LogP contribution is 2.29. The van der Waals surface area contributed by atoms with Gasteiger partial charge in [0.05, 0.1) is 18.3 Å². The van der Waals surface area contributed by atoms with Crippen LogP contribution in [0.4, 0.5) is 10.1 Å². The highest BCUT2D eigenvalue weighted by molar-refractivity contribution is 5.55. The molecule has 1 atom stereocenters. The van der Waals surface area contributed by atoms with Crippen LogP contribution in [-0.2, 0) is 13.6 Å². The molecule has 0 aliphatic rings. The molecule has 1 heterocycles. The van der Waals surface area contributed by atoms with Crippen molar-refractivity contribution in [2.75, 3.05) is 11.9 Å². The Bertz CT molecular complexity index is 566. The Kier molecular flexibility index (Phi) is 3.85. The summed E-state index contributed by atoms with van der Waals surface area (Å²) in [6, 6.07) is 4.74. The Hall–Kier alpha value is -1.88. The maximum Gasteiger partial charge on any atom is 0.146 e. The van der Waals surface area contributed by atoms with Crippen LogP contribution in [-0.4, -0.2) is 21.7 Å². The fraction of sp³-hybridized carbons (Fsp3) is 0.357. The largest absolute Gasteiger partial charge is 0.389 e. The number of nitrogens with zero attached hydrogens (tertiary/aromatic N) is 3. The lowest BCUT2D eigenvalue weighted by molar-refractivity contribution is 0.199. The second kappa shape index (κ2) is 5.40. The van der Waals surface area contributed by atoms with Gasteiger partial charge >= 0.3 is 0 Å². The van der Waals surface area contributed by atoms with E-state index in [1.54, 1.807) is 37.2 Å². The highest BCUT2D eigenvalue weighted by atomic mass is 19.1. The van der Waals surface area contributed by atoms with E-state index in [9.17, 15) is 9.50 Å². The van der Waals surface area contributed by atoms with Crippen LogP contribution in [0, 0.1) is 5.82 Å². The maximum atomic E-state index is 14.0. The average Bonchev–Trinajstić information content (AvgIpc) is 2.74. The number of benzene rings is 1. The van der Waals surface area contributed by atoms with Crippen LogP contribution in [0.2, 0.25) is 0 Å². The molecular formula is C14H18FN3O. The highest BCUT2D eigenvalue weighted by Gasteiger charge is 2.17. The van der Waals surface area contributed by atoms with Crippen LogP contribution in [0.15, 0.2) is 30.6 Å². The molecule has 102 valence electrons. The van der Waals surface area contributed by atoms with E-state index < -0.39 is 6.10 Å². The number of anilines is 1. The molecule has 4 nitrogen and oxygen atoms in total. The standard InChI is InChI=1S/C14H18FN3O/c1-10(19)11-5-4-6-12(15)14(11)18(3)9-13-16-7-8-17(13)2/h4-8,10,19H,9H2,1-3H3/t10-/m0/s1. The second-order valence-corrected chi connectivity index (χ2v) is 4.66. The van der Waals surface area contributed by atoms with Gasteiger partial charge < -0.3 is 14.6 Å². The van der Waals surface area contributed by atoms with Gasteiger partial charge in [-0.1, -0.05) is 12.1 Å². The number of imidazole rings is 1. The Balaban J connectivity index is 2.33. The third kappa shape index (κ3) is 2.76. The van der Waals surface area contributed by atoms with Gasteiger partial charge in [0.2, 0.25) is 0 Å². The minimum absolute atomic E-state index is 0.338. The summed E-state index contributed by atoms with van der Waals surface area (Å²) in [6.07, 6.45) is 2.84. The minimum Gasteiger partial charge on any atom is -0.389 e. The number of hydrogen-bond acceptors (Lipinski definition) is 3. The Morgan fingerprint density at radius 3 is 2.79 bits per heavy atom. The summed E-state index contributed by atoms with van der Waals surface area (Å²) in [5.74, 6) is 0.498. The zero-order chi connectivity index (χ0) is 14.0. The molecule has 5 heteroatoms. The summed E-state index contributed by atoms with van der Waals surface area (Å²) < 4.78 is 15.9. The lowest BCUT2D eigenvalue weighted by atomic mass is 10.1. The molecule has 19 heavy (non-hydrogen) atoms. The quantitative estimate of drug-likeness (QED) is 0.920. The van der Waals surface area contributed by atoms with Crippen molar-refractivity contribution in [2.24, 2.45) is 7.05 Å². The molecule has 0 radical (unpaired) electrons. The molecule has 0 saturated heterocycles. The van der Waals surface area contributed by atoms with Gasteiger partial charge in [-0.25, -0.2) is 9.37 Å². The smallest absolute Gasteiger partial charge is 0.146 e. The number of rotatable bonds is 4. The first-order chi connectivity index (χ1) is 9.00. The summed E-state index contributed by atoms with van der Waals surface area (Å²) in [4.78, 5) is 5.99. The summed E-state index contributed by atoms with van der Waals surface area (Å²) in [6.45, 7) is 2.11. The van der Waals surface area contributed by atoms with Crippen LogP contribution in [0.1, 0.15) is 24.4 Å². The Labute approximate surface area is 112 Å². The SMILES string of the molecule is C[C@H](O)c1cccc(F)c1N(C)Cc1nccn1C. The van der Waals surface area contributed by atoms with Crippen molar-refractivity contribution in [1.29, 1.82) is 0 Å². The van der Waals surface area contributed by atoms with Crippen molar-refractivity contribution in [3.63, 3.8) is 0 Å². The van der Waals surface area contributed by atoms with Crippen molar-refractivity contribution in [3.8, 4) is 0 Å². The number of aliphatic hydroxyl groups is 1. The van der Waals surface area contributed by atoms with Crippen LogP contribution in [0.3, 0.4) is 0 Å². The first kappa shape index (κ1) is 13.5. The molecule has 1 aromatic carbocycles. The average molecular weight is 263 g/mol. The Morgan fingerprint density at radius 2 is 2.21 bits per heavy atom. The van der Waals surface area contributed by atoms with Gasteiger partial charge in [0.25, 0.3) is 0 Å². The molecule has 2 rings (SSSR count). The molecule has 1 aromatic heterocycles. The van der Waals surface area contributed by atoms with E-state index in [0.29, 0.717) is 17.8 Å². The van der Waals surface area contributed by atoms with Gasteiger partial charge in [0.1, 0.15) is 11.6 Å². The predicted molar refractivity (Wildman–Crippen MR) is 72.3 cm³/mol. The van der Waals surface area contributed by atoms with Crippen LogP contribution in [0.25, 0.3) is 0 Å². The van der Waals surface area contributed by atoms with Gasteiger partial charge in [-0.3, -0.25) is 0 Å². The third-order valence-electron chi connectivity index (χ3n) is 3.15. The zero-order valence-electron chi connectivity index (χ0n) is 11.3. The molecule has 2 aromatic rings. The summed E-state index contributed by atoms with van der Waals surface area (Å²) in [7, 11) is 3.69. The van der Waals surface area contributed by atoms with E-state index >= 15 is 0 Å². The third-order valence-corrected chi connectivity index (χ3v) is 3.15. The molecule has 0 unspecified atom stereocenters. The fourth-order valence-corrected chi connectivity index (χ4v) is 2.11. The summed E-state index contributed by atoms with van der Waals surface area (Å²) in [5, 5.41) is 9.74. The van der Waals surface area contributed by atoms with E-state index in [-0.39, 0.29) is 5.82 Å². The number of hydrogen-bond donors (Lipinski definition) is 1. The number of halogens is 1. The van der Waals surface area contributed by atoms with Crippen molar-refractivity contribution >= 4 is 5.69 Å². The van der Waals surface area contributed by atoms with Gasteiger partial charge in [-0.05, 0) is 13.0 Å². The van der Waals surface area contributed by atoms with Crippen molar-refractivity contribution in [3.05, 3.63) is 47.8 Å². The molecule has 0 aliphatic carbocycles. The van der Waals surface area contributed by atoms with E-state index in [0.717, 1.165) is 5.82 Å². The summed E-state index contributed by atoms with van der Waals surface area (Å²) in [5.41, 5.74) is 0.997. The van der Waals surface area contributed by atoms with E-state index in [4.69, 9.17) is 0 Å². The molecular weight excluding hydrogens is 245 g/mol. The second-order valence-electron chi connectivity index (χ2n) is 4.66. The van der Waals surface area contributed by atoms with Gasteiger partial charge in [0, 0.05) is 32.1 Å². The zero-order valence-corrected chi connectivity index (χ0v) is 11.3. The fourth-order valence-electron chi connectivity index (χ4n) is 2.11. The molecule has 0 saturated carbocycles. The van der Waals surface area contributed by atoms with E-state index in [1.807, 2.05) is 17.8 Å². The monoisotopic (exact) mass is 263 g/mol. The van der Waals surface area contributed by atoms with Gasteiger partial charge in [-0.2, -0.15) is 0 Å². The number of aromatic nitrogens is 2. The van der Waals surface area contributed by atoms with Crippen LogP contribution in [0.5, 0.6) is 0 Å². The number of aryl methyl sites for hydroxylation is 1. The number of aliphatic hydroxyl groups excluding tert-OH is 1. The topological polar surface area (TPSA) is 41.3 Å². The lowest BCUT2D eigenvalue weighted by Gasteiger charge is -2.23. The van der Waals surface area contributed by atoms with Crippen molar-refractivity contribution in [1.82, 2.24) is 9.55 Å². The summed E-state index contributed by atoms with van der Waals surface area (Å²) >= 11 is 0. The van der Waals surface area contributed by atoms with Crippen molar-refractivity contribution in [2.45, 2.75) is 19.6 Å². The maximum absolute atomic E-state index is 14.0. The number of para-hydroxylation sites is 1. The first-order valence-corrected chi connectivity index (χ1v) is 6.14. The van der Waals surface area contributed by atoms with E-state index in [1.165, 1.54) is 6.07 Å². The lowest BCUT2D eigenvalue weighted by Crippen LogP contribution is -2.22. The molecule has 0 spiro atoms. The van der Waals surface area contributed by atoms with Crippen molar-refractivity contribution < 1.29 is 9.50 Å². The molecule has 0 bridgehead atoms. The van der Waals surface area contributed by atoms with Gasteiger partial charge in [0.15, 0.2) is 0 Å². The molecule has 0 amide bonds. The first-order valence-electron chi connectivity index (χ1n) is 6.14. The van der Waals surface area contributed by atoms with Crippen LogP contribution >= 0.6 is 0 Å². The molecule has 1 N–H and O–H groups in total. The van der Waals surface area contributed by atoms with Gasteiger partial charge in [-0.15, -0.1) is 0 Å². The molecule has 0 fully saturated rings. The predicted octanol–water partition coefficient (Wildman–Crippen LogP) is 2.25. The molecule has 0 aliphatic heterocycles. The van der Waals surface area contributed by atoms with Crippen LogP contribution < -0.4 is 4.90 Å². The minimum atomic E-state index is -0.713. The Morgan fingerprint density at radius 1 is 1.47 bits per heavy atom. The normalized spacial score (nSPS) is 12.5.